The smallest absolute Gasteiger partial charge is 0.0530 e. The molecule has 0 unspecified atom stereocenters. The quantitative estimate of drug-likeness (QED) is 0.352. The SMILES string of the molecule is C#CSSCCO. The van der Waals surface area contributed by atoms with Crippen molar-refractivity contribution in [2.24, 2.45) is 0 Å². The van der Waals surface area contributed by atoms with Crippen LogP contribution in [0.25, 0.3) is 0 Å². The summed E-state index contributed by atoms with van der Waals surface area (Å²) in [6, 6.07) is 0. The van der Waals surface area contributed by atoms with Gasteiger partial charge in [-0.2, -0.15) is 0 Å². The van der Waals surface area contributed by atoms with E-state index in [4.69, 9.17) is 11.5 Å². The topological polar surface area (TPSA) is 20.2 Å². The van der Waals surface area contributed by atoms with Gasteiger partial charge in [-0.15, -0.1) is 6.42 Å². The van der Waals surface area contributed by atoms with E-state index >= 15 is 0 Å². The Hall–Kier alpha value is 0.220. The molecular formula is C4H6OS2. The van der Waals surface area contributed by atoms with Gasteiger partial charge in [0.2, 0.25) is 0 Å². The van der Waals surface area contributed by atoms with Gasteiger partial charge in [-0.25, -0.2) is 0 Å². The molecule has 0 aromatic heterocycles. The molecule has 3 heteroatoms. The van der Waals surface area contributed by atoms with Crippen LogP contribution < -0.4 is 0 Å². The largest absolute Gasteiger partial charge is 0.395 e. The van der Waals surface area contributed by atoms with Gasteiger partial charge in [-0.05, 0) is 16.0 Å². The Morgan fingerprint density at radius 1 is 1.71 bits per heavy atom. The van der Waals surface area contributed by atoms with Gasteiger partial charge < -0.3 is 5.11 Å². The fraction of sp³-hybridized carbons (Fsp3) is 0.500. The zero-order valence-corrected chi connectivity index (χ0v) is 5.39. The van der Waals surface area contributed by atoms with Gasteiger partial charge in [0.25, 0.3) is 0 Å². The van der Waals surface area contributed by atoms with E-state index in [1.165, 1.54) is 21.6 Å². The van der Waals surface area contributed by atoms with E-state index < -0.39 is 0 Å². The van der Waals surface area contributed by atoms with Crippen LogP contribution in [0.5, 0.6) is 0 Å². The summed E-state index contributed by atoms with van der Waals surface area (Å²) in [5.74, 6) is 0.717. The lowest BCUT2D eigenvalue weighted by atomic mass is 10.9. The Morgan fingerprint density at radius 2 is 2.43 bits per heavy atom. The second-order valence-corrected chi connectivity index (χ2v) is 3.00. The van der Waals surface area contributed by atoms with E-state index in [0.29, 0.717) is 0 Å². The monoisotopic (exact) mass is 134 g/mol. The predicted octanol–water partition coefficient (Wildman–Crippen LogP) is 0.951. The van der Waals surface area contributed by atoms with Crippen LogP contribution in [0.2, 0.25) is 0 Å². The fourth-order valence-electron chi connectivity index (χ4n) is 0.113. The zero-order chi connectivity index (χ0) is 5.54. The second kappa shape index (κ2) is 6.22. The first-order valence-corrected chi connectivity index (χ1v) is 4.08. The minimum Gasteiger partial charge on any atom is -0.395 e. The van der Waals surface area contributed by atoms with E-state index in [2.05, 4.69) is 5.25 Å². The van der Waals surface area contributed by atoms with E-state index in [9.17, 15) is 0 Å². The summed E-state index contributed by atoms with van der Waals surface area (Å²) in [6.45, 7) is 0.208. The minimum absolute atomic E-state index is 0.208. The Morgan fingerprint density at radius 3 is 2.86 bits per heavy atom. The van der Waals surface area contributed by atoms with E-state index in [1.807, 2.05) is 0 Å². The van der Waals surface area contributed by atoms with Gasteiger partial charge in [-0.3, -0.25) is 0 Å². The highest BCUT2D eigenvalue weighted by molar-refractivity contribution is 8.78. The Balaban J connectivity index is 2.60. The maximum absolute atomic E-state index is 8.19. The molecule has 0 heterocycles. The van der Waals surface area contributed by atoms with Crippen molar-refractivity contribution < 1.29 is 5.11 Å². The lowest BCUT2D eigenvalue weighted by Crippen LogP contribution is -1.80. The fourth-order valence-corrected chi connectivity index (χ4v) is 1.02. The van der Waals surface area contributed by atoms with Crippen molar-refractivity contribution in [3.8, 4) is 11.7 Å². The van der Waals surface area contributed by atoms with Crippen molar-refractivity contribution >= 4 is 21.6 Å². The third kappa shape index (κ3) is 6.22. The van der Waals surface area contributed by atoms with Gasteiger partial charge in [0.15, 0.2) is 0 Å². The lowest BCUT2D eigenvalue weighted by Gasteiger charge is -1.85. The van der Waals surface area contributed by atoms with Gasteiger partial charge in [-0.1, -0.05) is 10.8 Å². The van der Waals surface area contributed by atoms with Gasteiger partial charge >= 0.3 is 0 Å². The van der Waals surface area contributed by atoms with Crippen LogP contribution in [0.3, 0.4) is 0 Å². The van der Waals surface area contributed by atoms with Crippen LogP contribution >= 0.6 is 21.6 Å². The molecule has 0 aliphatic rings. The number of rotatable bonds is 3. The number of terminal acetylenes is 1. The summed E-state index contributed by atoms with van der Waals surface area (Å²) in [5.41, 5.74) is 0. The number of hydrogen-bond donors (Lipinski definition) is 1. The standard InChI is InChI=1S/C4H6OS2/c1-2-6-7-4-3-5/h1,5H,3-4H2. The van der Waals surface area contributed by atoms with Crippen molar-refractivity contribution in [1.29, 1.82) is 0 Å². The third-order valence-electron chi connectivity index (χ3n) is 0.282. The van der Waals surface area contributed by atoms with Crippen molar-refractivity contribution in [2.45, 2.75) is 0 Å². The summed E-state index contributed by atoms with van der Waals surface area (Å²) < 4.78 is 0. The third-order valence-corrected chi connectivity index (χ3v) is 1.99. The van der Waals surface area contributed by atoms with Crippen LogP contribution in [0.15, 0.2) is 0 Å². The molecule has 1 nitrogen and oxygen atoms in total. The molecule has 0 fully saturated rings. The van der Waals surface area contributed by atoms with E-state index in [1.54, 1.807) is 0 Å². The molecule has 0 bridgehead atoms. The Bertz CT molecular complexity index is 66.6. The van der Waals surface area contributed by atoms with Crippen LogP contribution in [-0.4, -0.2) is 17.5 Å². The molecule has 0 rings (SSSR count). The average molecular weight is 134 g/mol. The van der Waals surface area contributed by atoms with Crippen LogP contribution in [0.1, 0.15) is 0 Å². The molecule has 1 N–H and O–H groups in total. The molecule has 0 atom stereocenters. The summed E-state index contributed by atoms with van der Waals surface area (Å²) in [7, 11) is 2.80. The molecule has 0 aromatic carbocycles. The van der Waals surface area contributed by atoms with Crippen LogP contribution in [0, 0.1) is 11.7 Å². The summed E-state index contributed by atoms with van der Waals surface area (Å²) in [6.07, 6.45) is 4.88. The number of hydrogen-bond acceptors (Lipinski definition) is 3. The van der Waals surface area contributed by atoms with E-state index in [0.717, 1.165) is 5.75 Å². The molecule has 0 spiro atoms. The Kier molecular flexibility index (Phi) is 6.42. The minimum atomic E-state index is 0.208. The van der Waals surface area contributed by atoms with Crippen molar-refractivity contribution in [3.63, 3.8) is 0 Å². The lowest BCUT2D eigenvalue weighted by molar-refractivity contribution is 0.323. The molecule has 0 aliphatic heterocycles. The zero-order valence-electron chi connectivity index (χ0n) is 3.76. The first-order valence-electron chi connectivity index (χ1n) is 1.76. The highest BCUT2D eigenvalue weighted by Gasteiger charge is 1.79. The number of aliphatic hydroxyl groups excluding tert-OH is 1. The Labute approximate surface area is 51.3 Å². The van der Waals surface area contributed by atoms with Crippen molar-refractivity contribution in [1.82, 2.24) is 0 Å². The molecule has 7 heavy (non-hydrogen) atoms. The van der Waals surface area contributed by atoms with Crippen LogP contribution in [0.4, 0.5) is 0 Å². The van der Waals surface area contributed by atoms with Crippen molar-refractivity contribution in [2.75, 3.05) is 12.4 Å². The first-order chi connectivity index (χ1) is 3.41. The second-order valence-electron chi connectivity index (χ2n) is 0.747. The van der Waals surface area contributed by atoms with Gasteiger partial charge in [0.1, 0.15) is 0 Å². The van der Waals surface area contributed by atoms with Gasteiger partial charge in [0.05, 0.1) is 6.61 Å². The highest BCUT2D eigenvalue weighted by Crippen LogP contribution is 2.17. The normalized spacial score (nSPS) is 8.00. The molecule has 0 saturated heterocycles. The predicted molar refractivity (Wildman–Crippen MR) is 36.0 cm³/mol. The number of aliphatic hydroxyl groups is 1. The molecule has 0 radical (unpaired) electrons. The summed E-state index contributed by atoms with van der Waals surface area (Å²) in [4.78, 5) is 0. The molecular weight excluding hydrogens is 128 g/mol. The van der Waals surface area contributed by atoms with Gasteiger partial charge in [0, 0.05) is 5.75 Å². The molecule has 0 aliphatic carbocycles. The maximum atomic E-state index is 8.19. The average Bonchev–Trinajstić information content (AvgIpc) is 1.69. The summed E-state index contributed by atoms with van der Waals surface area (Å²) >= 11 is 0. The first kappa shape index (κ1) is 7.22. The highest BCUT2D eigenvalue weighted by atomic mass is 33.1. The molecule has 0 amide bonds. The van der Waals surface area contributed by atoms with Crippen molar-refractivity contribution in [3.05, 3.63) is 0 Å². The molecule has 0 aromatic rings. The maximum Gasteiger partial charge on any atom is 0.0530 e. The summed E-state index contributed by atoms with van der Waals surface area (Å²) in [5, 5.41) is 10.6. The molecule has 0 saturated carbocycles. The van der Waals surface area contributed by atoms with Crippen LogP contribution in [-0.2, 0) is 0 Å². The van der Waals surface area contributed by atoms with E-state index in [-0.39, 0.29) is 6.61 Å². The molecule has 40 valence electrons.